The molecule has 0 radical (unpaired) electrons. The Labute approximate surface area is 178 Å². The number of non-ortho nitro benzene ring substituents is 1. The van der Waals surface area contributed by atoms with Gasteiger partial charge in [0.15, 0.2) is 10.8 Å². The van der Waals surface area contributed by atoms with Crippen LogP contribution in [0.25, 0.3) is 22.5 Å². The molecule has 10 nitrogen and oxygen atoms in total. The van der Waals surface area contributed by atoms with E-state index in [0.717, 1.165) is 11.3 Å². The molecule has 0 aliphatic rings. The van der Waals surface area contributed by atoms with Crippen molar-refractivity contribution in [3.05, 3.63) is 82.4 Å². The van der Waals surface area contributed by atoms with Crippen molar-refractivity contribution in [3.8, 4) is 22.5 Å². The minimum atomic E-state index is -0.656. The molecule has 0 saturated carbocycles. The maximum Gasteiger partial charge on any atom is 0.271 e. The number of amides is 1. The number of carbonyl (C=O) groups excluding carboxylic acids is 1. The SMILES string of the molecule is N#C/C(=C/c1cccn1-c1cccc([N+](=O)[O-])c1)C(=O)Nc1nnc(-c2ccco2)s1. The van der Waals surface area contributed by atoms with Crippen LogP contribution in [0.15, 0.2) is 71.0 Å². The molecule has 3 heterocycles. The standard InChI is InChI=1S/C20H12N6O4S/c21-12-13(18(27)22-20-24-23-19(31-20)17-7-3-9-30-17)10-14-6-2-8-25(14)15-4-1-5-16(11-15)26(28)29/h1-11H,(H,22,24,27)/b13-10-. The highest BCUT2D eigenvalue weighted by atomic mass is 32.1. The topological polar surface area (TPSA) is 140 Å². The third-order valence-electron chi connectivity index (χ3n) is 4.13. The average Bonchev–Trinajstić information content (AvgIpc) is 3.53. The van der Waals surface area contributed by atoms with E-state index in [-0.39, 0.29) is 16.4 Å². The second-order valence-electron chi connectivity index (χ2n) is 6.09. The second kappa shape index (κ2) is 8.44. The summed E-state index contributed by atoms with van der Waals surface area (Å²) >= 11 is 1.11. The average molecular weight is 432 g/mol. The van der Waals surface area contributed by atoms with E-state index in [1.807, 2.05) is 6.07 Å². The molecule has 0 aliphatic carbocycles. The summed E-state index contributed by atoms with van der Waals surface area (Å²) < 4.78 is 6.88. The fraction of sp³-hybridized carbons (Fsp3) is 0. The number of hydrogen-bond donors (Lipinski definition) is 1. The lowest BCUT2D eigenvalue weighted by Gasteiger charge is -2.07. The molecule has 0 unspecified atom stereocenters. The van der Waals surface area contributed by atoms with Gasteiger partial charge in [-0.1, -0.05) is 17.4 Å². The number of nitro benzene ring substituents is 1. The number of anilines is 1. The third kappa shape index (κ3) is 4.24. The first-order valence-electron chi connectivity index (χ1n) is 8.78. The Morgan fingerprint density at radius 1 is 1.26 bits per heavy atom. The number of carbonyl (C=O) groups is 1. The molecule has 3 aromatic heterocycles. The van der Waals surface area contributed by atoms with Crippen molar-refractivity contribution in [2.24, 2.45) is 0 Å². The van der Waals surface area contributed by atoms with Crippen LogP contribution < -0.4 is 5.32 Å². The second-order valence-corrected chi connectivity index (χ2v) is 7.07. The van der Waals surface area contributed by atoms with E-state index >= 15 is 0 Å². The summed E-state index contributed by atoms with van der Waals surface area (Å²) in [5.74, 6) is -0.139. The van der Waals surface area contributed by atoms with Gasteiger partial charge in [-0.3, -0.25) is 20.2 Å². The first kappa shape index (κ1) is 19.7. The van der Waals surface area contributed by atoms with Gasteiger partial charge in [-0.05, 0) is 36.4 Å². The number of nitrogens with one attached hydrogen (secondary N) is 1. The largest absolute Gasteiger partial charge is 0.462 e. The molecule has 31 heavy (non-hydrogen) atoms. The van der Waals surface area contributed by atoms with E-state index in [1.165, 1.54) is 24.5 Å². The summed E-state index contributed by atoms with van der Waals surface area (Å²) in [7, 11) is 0. The number of nitriles is 1. The molecular weight excluding hydrogens is 420 g/mol. The van der Waals surface area contributed by atoms with Gasteiger partial charge in [0.1, 0.15) is 11.6 Å². The van der Waals surface area contributed by atoms with Crippen molar-refractivity contribution in [2.75, 3.05) is 5.32 Å². The Balaban J connectivity index is 1.58. The van der Waals surface area contributed by atoms with Crippen LogP contribution in [0, 0.1) is 21.4 Å². The monoisotopic (exact) mass is 432 g/mol. The number of hydrogen-bond acceptors (Lipinski definition) is 8. The molecule has 0 atom stereocenters. The van der Waals surface area contributed by atoms with Gasteiger partial charge >= 0.3 is 0 Å². The van der Waals surface area contributed by atoms with Crippen LogP contribution in [0.4, 0.5) is 10.8 Å². The smallest absolute Gasteiger partial charge is 0.271 e. The molecule has 1 N–H and O–H groups in total. The molecule has 1 amide bonds. The Morgan fingerprint density at radius 3 is 2.87 bits per heavy atom. The van der Waals surface area contributed by atoms with Gasteiger partial charge in [0.05, 0.1) is 16.9 Å². The van der Waals surface area contributed by atoms with Crippen molar-refractivity contribution >= 4 is 34.1 Å². The van der Waals surface area contributed by atoms with Crippen LogP contribution in [0.1, 0.15) is 5.69 Å². The minimum absolute atomic E-state index is 0.0667. The van der Waals surface area contributed by atoms with Crippen LogP contribution in [0.5, 0.6) is 0 Å². The van der Waals surface area contributed by atoms with Crippen molar-refractivity contribution in [1.29, 1.82) is 5.26 Å². The van der Waals surface area contributed by atoms with Crippen LogP contribution in [0.2, 0.25) is 0 Å². The maximum absolute atomic E-state index is 12.6. The minimum Gasteiger partial charge on any atom is -0.462 e. The molecular formula is C20H12N6O4S. The van der Waals surface area contributed by atoms with E-state index in [1.54, 1.807) is 47.2 Å². The van der Waals surface area contributed by atoms with Crippen molar-refractivity contribution in [3.63, 3.8) is 0 Å². The molecule has 4 rings (SSSR count). The van der Waals surface area contributed by atoms with E-state index < -0.39 is 10.8 Å². The molecule has 1 aromatic carbocycles. The summed E-state index contributed by atoms with van der Waals surface area (Å²) in [5.41, 5.74) is 0.791. The molecule has 0 saturated heterocycles. The van der Waals surface area contributed by atoms with Crippen LogP contribution in [0.3, 0.4) is 0 Å². The van der Waals surface area contributed by atoms with Gasteiger partial charge in [-0.2, -0.15) is 5.26 Å². The van der Waals surface area contributed by atoms with E-state index in [2.05, 4.69) is 15.5 Å². The molecule has 0 bridgehead atoms. The zero-order chi connectivity index (χ0) is 21.8. The van der Waals surface area contributed by atoms with Crippen LogP contribution in [-0.4, -0.2) is 25.6 Å². The fourth-order valence-corrected chi connectivity index (χ4v) is 3.44. The Kier molecular flexibility index (Phi) is 5.37. The van der Waals surface area contributed by atoms with Crippen LogP contribution in [-0.2, 0) is 4.79 Å². The van der Waals surface area contributed by atoms with Gasteiger partial charge in [-0.15, -0.1) is 10.2 Å². The molecule has 152 valence electrons. The lowest BCUT2D eigenvalue weighted by atomic mass is 10.2. The van der Waals surface area contributed by atoms with Gasteiger partial charge in [0.25, 0.3) is 11.6 Å². The van der Waals surface area contributed by atoms with Gasteiger partial charge < -0.3 is 8.98 Å². The zero-order valence-electron chi connectivity index (χ0n) is 15.6. The summed E-state index contributed by atoms with van der Waals surface area (Å²) in [6, 6.07) is 14.7. The number of furan rings is 1. The number of benzene rings is 1. The number of nitrogens with zero attached hydrogens (tertiary/aromatic N) is 5. The molecule has 11 heteroatoms. The lowest BCUT2D eigenvalue weighted by Crippen LogP contribution is -2.13. The summed E-state index contributed by atoms with van der Waals surface area (Å²) in [5, 5.41) is 31.6. The quantitative estimate of drug-likeness (QED) is 0.210. The number of aromatic nitrogens is 3. The summed E-state index contributed by atoms with van der Waals surface area (Å²) in [6.45, 7) is 0. The molecule has 0 spiro atoms. The van der Waals surface area contributed by atoms with E-state index in [9.17, 15) is 20.2 Å². The summed E-state index contributed by atoms with van der Waals surface area (Å²) in [4.78, 5) is 23.1. The highest BCUT2D eigenvalue weighted by molar-refractivity contribution is 7.18. The number of nitro groups is 1. The van der Waals surface area contributed by atoms with E-state index in [4.69, 9.17) is 4.42 Å². The van der Waals surface area contributed by atoms with Gasteiger partial charge in [-0.25, -0.2) is 0 Å². The highest BCUT2D eigenvalue weighted by Gasteiger charge is 2.16. The summed E-state index contributed by atoms with van der Waals surface area (Å²) in [6.07, 6.45) is 4.57. The maximum atomic E-state index is 12.6. The molecule has 0 fully saturated rings. The fourth-order valence-electron chi connectivity index (χ4n) is 2.74. The first-order valence-corrected chi connectivity index (χ1v) is 9.59. The van der Waals surface area contributed by atoms with Crippen LogP contribution >= 0.6 is 11.3 Å². The predicted octanol–water partition coefficient (Wildman–Crippen LogP) is 4.04. The highest BCUT2D eigenvalue weighted by Crippen LogP contribution is 2.27. The predicted molar refractivity (Wildman–Crippen MR) is 112 cm³/mol. The van der Waals surface area contributed by atoms with Gasteiger partial charge in [0.2, 0.25) is 5.13 Å². The van der Waals surface area contributed by atoms with E-state index in [0.29, 0.717) is 22.1 Å². The van der Waals surface area contributed by atoms with Crippen molar-refractivity contribution in [1.82, 2.24) is 14.8 Å². The molecule has 4 aromatic rings. The zero-order valence-corrected chi connectivity index (χ0v) is 16.4. The van der Waals surface area contributed by atoms with Crippen molar-refractivity contribution < 1.29 is 14.1 Å². The lowest BCUT2D eigenvalue weighted by molar-refractivity contribution is -0.384. The molecule has 0 aliphatic heterocycles. The first-order chi connectivity index (χ1) is 15.0. The van der Waals surface area contributed by atoms with Crippen molar-refractivity contribution in [2.45, 2.75) is 0 Å². The number of rotatable bonds is 6. The Bertz CT molecular complexity index is 1330. The Morgan fingerprint density at radius 2 is 2.13 bits per heavy atom. The Hall–Kier alpha value is -4.56. The third-order valence-corrected chi connectivity index (χ3v) is 4.99. The normalized spacial score (nSPS) is 11.1. The van der Waals surface area contributed by atoms with Gasteiger partial charge in [0, 0.05) is 24.0 Å².